The number of hydrogen-bond donors (Lipinski definition) is 0. The third kappa shape index (κ3) is 4.90. The maximum Gasteiger partial charge on any atom is 0.336 e. The largest absolute Gasteiger partial charge is 0.475 e. The van der Waals surface area contributed by atoms with Gasteiger partial charge in [-0.2, -0.15) is 0 Å². The summed E-state index contributed by atoms with van der Waals surface area (Å²) >= 11 is 0. The molecule has 0 aliphatic carbocycles. The van der Waals surface area contributed by atoms with Crippen LogP contribution in [0.4, 0.5) is 0 Å². The van der Waals surface area contributed by atoms with E-state index in [1.807, 2.05) is 6.07 Å². The number of aromatic nitrogens is 1. The molecule has 0 unspecified atom stereocenters. The lowest BCUT2D eigenvalue weighted by Gasteiger charge is -2.31. The highest BCUT2D eigenvalue weighted by Gasteiger charge is 2.25. The molecule has 33 heavy (non-hydrogen) atoms. The molecule has 170 valence electrons. The molecule has 0 spiro atoms. The van der Waals surface area contributed by atoms with Gasteiger partial charge in [-0.1, -0.05) is 30.3 Å². The number of likely N-dealkylation sites (tertiary alicyclic amines) is 1. The number of benzene rings is 2. The van der Waals surface area contributed by atoms with E-state index in [-0.39, 0.29) is 17.4 Å². The van der Waals surface area contributed by atoms with Crippen LogP contribution in [-0.2, 0) is 16.1 Å². The molecule has 0 N–H and O–H groups in total. The summed E-state index contributed by atoms with van der Waals surface area (Å²) in [7, 11) is 0. The van der Waals surface area contributed by atoms with Crippen LogP contribution in [0, 0.1) is 5.92 Å². The Morgan fingerprint density at radius 2 is 1.73 bits per heavy atom. The van der Waals surface area contributed by atoms with Gasteiger partial charge in [0.05, 0.1) is 6.61 Å². The van der Waals surface area contributed by atoms with E-state index in [4.69, 9.17) is 18.7 Å². The first-order chi connectivity index (χ1) is 16.2. The van der Waals surface area contributed by atoms with Crippen molar-refractivity contribution in [3.05, 3.63) is 60.2 Å². The Kier molecular flexibility index (Phi) is 6.08. The lowest BCUT2D eigenvalue weighted by molar-refractivity contribution is -0.133. The molecule has 0 bridgehead atoms. The summed E-state index contributed by atoms with van der Waals surface area (Å²) in [5.41, 5.74) is 1.72. The van der Waals surface area contributed by atoms with Gasteiger partial charge in [0.2, 0.25) is 0 Å². The van der Waals surface area contributed by atoms with Gasteiger partial charge in [0, 0.05) is 18.7 Å². The summed E-state index contributed by atoms with van der Waals surface area (Å²) in [6.45, 7) is 3.57. The molecule has 2 aromatic carbocycles. The fraction of sp³-hybridized carbons (Fsp3) is 0.320. The van der Waals surface area contributed by atoms with Gasteiger partial charge in [-0.05, 0) is 61.1 Å². The molecule has 0 atom stereocenters. The summed E-state index contributed by atoms with van der Waals surface area (Å²) in [5, 5.41) is 4.36. The van der Waals surface area contributed by atoms with Gasteiger partial charge in [0.25, 0.3) is 5.88 Å². The lowest BCUT2D eigenvalue weighted by Crippen LogP contribution is -2.33. The zero-order chi connectivity index (χ0) is 22.6. The highest BCUT2D eigenvalue weighted by Crippen LogP contribution is 2.41. The molecule has 0 amide bonds. The predicted octanol–water partition coefficient (Wildman–Crippen LogP) is 3.89. The van der Waals surface area contributed by atoms with Gasteiger partial charge in [0.1, 0.15) is 5.39 Å². The highest BCUT2D eigenvalue weighted by molar-refractivity contribution is 6.00. The van der Waals surface area contributed by atoms with Crippen LogP contribution in [0.1, 0.15) is 24.8 Å². The first-order valence-corrected chi connectivity index (χ1v) is 11.1. The van der Waals surface area contributed by atoms with Crippen LogP contribution in [0.2, 0.25) is 0 Å². The minimum Gasteiger partial charge on any atom is -0.475 e. The summed E-state index contributed by atoms with van der Waals surface area (Å²) in [5.74, 6) is -0.374. The Morgan fingerprint density at radius 1 is 0.970 bits per heavy atom. The van der Waals surface area contributed by atoms with Crippen molar-refractivity contribution >= 4 is 22.9 Å². The van der Waals surface area contributed by atoms with Crippen molar-refractivity contribution in [2.24, 2.45) is 5.92 Å². The van der Waals surface area contributed by atoms with E-state index < -0.39 is 11.9 Å². The second-order valence-corrected chi connectivity index (χ2v) is 8.27. The lowest BCUT2D eigenvalue weighted by atomic mass is 9.93. The van der Waals surface area contributed by atoms with E-state index in [0.717, 1.165) is 51.0 Å². The molecular formula is C25H24N2O6. The van der Waals surface area contributed by atoms with Gasteiger partial charge in [-0.25, -0.2) is 9.59 Å². The van der Waals surface area contributed by atoms with Crippen LogP contribution in [0.3, 0.4) is 0 Å². The number of ether oxygens (including phenoxy) is 3. The first-order valence-electron chi connectivity index (χ1n) is 11.1. The van der Waals surface area contributed by atoms with Gasteiger partial charge in [0.15, 0.2) is 17.1 Å². The van der Waals surface area contributed by atoms with E-state index in [2.05, 4.69) is 34.3 Å². The molecule has 2 aliphatic rings. The Morgan fingerprint density at radius 3 is 2.52 bits per heavy atom. The molecule has 5 rings (SSSR count). The maximum atomic E-state index is 12.0. The van der Waals surface area contributed by atoms with Crippen LogP contribution in [0.15, 0.2) is 59.1 Å². The Balaban J connectivity index is 1.20. The van der Waals surface area contributed by atoms with E-state index in [9.17, 15) is 9.59 Å². The van der Waals surface area contributed by atoms with Crippen LogP contribution < -0.4 is 14.2 Å². The zero-order valence-electron chi connectivity index (χ0n) is 18.1. The molecule has 8 heteroatoms. The first kappa shape index (κ1) is 21.2. The van der Waals surface area contributed by atoms with Crippen LogP contribution >= 0.6 is 0 Å². The number of nitrogens with zero attached hydrogens (tertiary/aromatic N) is 2. The van der Waals surface area contributed by atoms with Crippen LogP contribution in [0.25, 0.3) is 11.0 Å². The maximum absolute atomic E-state index is 12.0. The SMILES string of the molecule is O=C1/C=C/C(=O)Oc2c(ccc3onc(OCCC4CCN(Cc5ccccc5)CC4)c23)O1. The number of carbonyl (C=O) groups excluding carboxylic acids is 2. The fourth-order valence-corrected chi connectivity index (χ4v) is 4.25. The van der Waals surface area contributed by atoms with E-state index in [1.165, 1.54) is 11.6 Å². The number of fused-ring (bicyclic) bond motifs is 3. The second kappa shape index (κ2) is 9.46. The van der Waals surface area contributed by atoms with Crippen LogP contribution in [0.5, 0.6) is 17.4 Å². The number of hydrogen-bond acceptors (Lipinski definition) is 8. The molecular weight excluding hydrogens is 424 g/mol. The summed E-state index contributed by atoms with van der Waals surface area (Å²) in [6.07, 6.45) is 5.16. The molecule has 3 aromatic rings. The topological polar surface area (TPSA) is 91.1 Å². The van der Waals surface area contributed by atoms with E-state index in [1.54, 1.807) is 6.07 Å². The molecule has 2 aliphatic heterocycles. The van der Waals surface area contributed by atoms with Gasteiger partial charge >= 0.3 is 11.9 Å². The quantitative estimate of drug-likeness (QED) is 0.414. The average molecular weight is 448 g/mol. The normalized spacial score (nSPS) is 18.2. The van der Waals surface area contributed by atoms with Gasteiger partial charge < -0.3 is 18.7 Å². The zero-order valence-corrected chi connectivity index (χ0v) is 18.1. The molecule has 1 saturated heterocycles. The van der Waals surface area contributed by atoms with Crippen molar-refractivity contribution in [1.29, 1.82) is 0 Å². The van der Waals surface area contributed by atoms with E-state index in [0.29, 0.717) is 23.5 Å². The van der Waals surface area contributed by atoms with Crippen LogP contribution in [-0.4, -0.2) is 41.7 Å². The monoisotopic (exact) mass is 448 g/mol. The number of esters is 2. The van der Waals surface area contributed by atoms with Gasteiger partial charge in [-0.3, -0.25) is 4.90 Å². The molecule has 0 saturated carbocycles. The molecule has 8 nitrogen and oxygen atoms in total. The smallest absolute Gasteiger partial charge is 0.336 e. The Hall–Kier alpha value is -3.65. The molecule has 3 heterocycles. The molecule has 1 aromatic heterocycles. The summed E-state index contributed by atoms with van der Waals surface area (Å²) in [6, 6.07) is 13.6. The third-order valence-electron chi connectivity index (χ3n) is 6.01. The molecule has 1 fully saturated rings. The Bertz CT molecular complexity index is 1180. The number of piperidine rings is 1. The van der Waals surface area contributed by atoms with Crippen molar-refractivity contribution < 1.29 is 28.3 Å². The molecule has 0 radical (unpaired) electrons. The fourth-order valence-electron chi connectivity index (χ4n) is 4.25. The second-order valence-electron chi connectivity index (χ2n) is 8.27. The average Bonchev–Trinajstić information content (AvgIpc) is 3.23. The van der Waals surface area contributed by atoms with Crippen molar-refractivity contribution in [3.63, 3.8) is 0 Å². The summed E-state index contributed by atoms with van der Waals surface area (Å²) < 4.78 is 21.9. The van der Waals surface area contributed by atoms with Crippen molar-refractivity contribution in [3.8, 4) is 17.4 Å². The van der Waals surface area contributed by atoms with Crippen molar-refractivity contribution in [2.45, 2.75) is 25.8 Å². The third-order valence-corrected chi connectivity index (χ3v) is 6.01. The summed E-state index contributed by atoms with van der Waals surface area (Å²) in [4.78, 5) is 26.2. The Labute approximate surface area is 190 Å². The van der Waals surface area contributed by atoms with E-state index >= 15 is 0 Å². The number of rotatable bonds is 6. The highest BCUT2D eigenvalue weighted by atomic mass is 16.6. The minimum absolute atomic E-state index is 0.0701. The predicted molar refractivity (Wildman–Crippen MR) is 119 cm³/mol. The number of carbonyl (C=O) groups is 2. The van der Waals surface area contributed by atoms with Crippen molar-refractivity contribution in [1.82, 2.24) is 10.1 Å². The minimum atomic E-state index is -0.685. The van der Waals surface area contributed by atoms with Crippen molar-refractivity contribution in [2.75, 3.05) is 19.7 Å². The standard InChI is InChI=1S/C25H24N2O6/c28-21-8-9-22(29)32-24-20(31-21)7-6-19-23(24)25(26-33-19)30-15-12-17-10-13-27(14-11-17)16-18-4-2-1-3-5-18/h1-9,17H,10-16H2/b9-8+. The van der Waals surface area contributed by atoms with Gasteiger partial charge in [-0.15, -0.1) is 0 Å².